The predicted molar refractivity (Wildman–Crippen MR) is 282 cm³/mol. The van der Waals surface area contributed by atoms with E-state index in [9.17, 15) is 19.8 Å². The number of aliphatic hydroxyl groups excluding tert-OH is 2. The van der Waals surface area contributed by atoms with Crippen LogP contribution in [-0.2, 0) is 14.3 Å². The normalized spacial score (nSPS) is 13.6. The fourth-order valence-corrected chi connectivity index (χ4v) is 8.38. The Hall–Kier alpha value is -2.44. The largest absolute Gasteiger partial charge is 0.462 e. The maximum atomic E-state index is 13.2. The van der Waals surface area contributed by atoms with Crippen molar-refractivity contribution in [1.82, 2.24) is 5.32 Å². The van der Waals surface area contributed by atoms with Crippen LogP contribution in [0.1, 0.15) is 278 Å². The molecule has 6 nitrogen and oxygen atoms in total. The number of hydrogen-bond donors (Lipinski definition) is 3. The summed E-state index contributed by atoms with van der Waals surface area (Å²) in [6.45, 7) is 6.45. The van der Waals surface area contributed by atoms with Crippen LogP contribution in [0.4, 0.5) is 0 Å². The topological polar surface area (TPSA) is 95.9 Å². The van der Waals surface area contributed by atoms with E-state index in [1.54, 1.807) is 0 Å². The maximum absolute atomic E-state index is 13.2. The van der Waals surface area contributed by atoms with E-state index in [2.05, 4.69) is 86.8 Å². The summed E-state index contributed by atoms with van der Waals surface area (Å²) in [5.41, 5.74) is 0. The van der Waals surface area contributed by atoms with E-state index in [1.165, 1.54) is 141 Å². The van der Waals surface area contributed by atoms with Crippen molar-refractivity contribution in [2.45, 2.75) is 296 Å². The number of amides is 1. The average Bonchev–Trinajstić information content (AvgIpc) is 3.30. The first-order valence-corrected chi connectivity index (χ1v) is 28.1. The van der Waals surface area contributed by atoms with Gasteiger partial charge in [-0.3, -0.25) is 9.59 Å². The molecule has 0 heterocycles. The van der Waals surface area contributed by atoms with E-state index in [0.717, 1.165) is 89.9 Å². The van der Waals surface area contributed by atoms with E-state index in [4.69, 9.17) is 4.74 Å². The van der Waals surface area contributed by atoms with Crippen LogP contribution < -0.4 is 5.32 Å². The third-order valence-electron chi connectivity index (χ3n) is 12.7. The zero-order valence-corrected chi connectivity index (χ0v) is 43.1. The predicted octanol–water partition coefficient (Wildman–Crippen LogP) is 17.2. The first-order valence-electron chi connectivity index (χ1n) is 28.1. The molecule has 3 atom stereocenters. The molecule has 0 saturated carbocycles. The van der Waals surface area contributed by atoms with Gasteiger partial charge in [-0.1, -0.05) is 248 Å². The smallest absolute Gasteiger partial charge is 0.306 e. The zero-order valence-electron chi connectivity index (χ0n) is 43.1. The quantitative estimate of drug-likeness (QED) is 0.0245. The maximum Gasteiger partial charge on any atom is 0.306 e. The van der Waals surface area contributed by atoms with Crippen molar-refractivity contribution in [3.63, 3.8) is 0 Å². The van der Waals surface area contributed by atoms with E-state index in [0.29, 0.717) is 19.3 Å². The Morgan fingerprint density at radius 1 is 0.446 bits per heavy atom. The number of carbonyl (C=O) groups excluding carboxylic acids is 2. The van der Waals surface area contributed by atoms with E-state index in [1.807, 2.05) is 0 Å². The highest BCUT2D eigenvalue weighted by atomic mass is 16.5. The minimum Gasteiger partial charge on any atom is -0.462 e. The SMILES string of the molecule is CCCCC/C=C/C=C/C=C/C=C/CCCCCCCC(=O)OC(CCCCCCC/C=C/CCCCCCCC)CC(=O)NC(CO)C(O)CCCCCCCCCCCCCCC. The monoisotopic (exact) mass is 910 g/mol. The molecule has 0 rings (SSSR count). The van der Waals surface area contributed by atoms with Crippen molar-refractivity contribution in [2.24, 2.45) is 0 Å². The van der Waals surface area contributed by atoms with Gasteiger partial charge in [0.15, 0.2) is 0 Å². The van der Waals surface area contributed by atoms with Crippen LogP contribution in [0.25, 0.3) is 0 Å². The summed E-state index contributed by atoms with van der Waals surface area (Å²) in [5.74, 6) is -0.502. The van der Waals surface area contributed by atoms with Gasteiger partial charge < -0.3 is 20.3 Å². The summed E-state index contributed by atoms with van der Waals surface area (Å²) < 4.78 is 5.94. The summed E-state index contributed by atoms with van der Waals surface area (Å²) in [4.78, 5) is 26.2. The molecule has 65 heavy (non-hydrogen) atoms. The molecule has 378 valence electrons. The Kier molecular flexibility index (Phi) is 50.6. The third kappa shape index (κ3) is 47.8. The molecule has 6 heteroatoms. The Morgan fingerprint density at radius 3 is 1.26 bits per heavy atom. The van der Waals surface area contributed by atoms with Crippen molar-refractivity contribution in [2.75, 3.05) is 6.61 Å². The molecular formula is C59H107NO5. The molecule has 0 aliphatic heterocycles. The summed E-state index contributed by atoms with van der Waals surface area (Å²) in [6.07, 6.45) is 65.6. The molecule has 0 aromatic carbocycles. The summed E-state index contributed by atoms with van der Waals surface area (Å²) in [6, 6.07) is -0.711. The number of allylic oxidation sites excluding steroid dienone is 10. The molecule has 0 radical (unpaired) electrons. The molecule has 0 aromatic heterocycles. The highest BCUT2D eigenvalue weighted by Crippen LogP contribution is 2.18. The van der Waals surface area contributed by atoms with Crippen molar-refractivity contribution < 1.29 is 24.5 Å². The molecule has 0 aliphatic rings. The van der Waals surface area contributed by atoms with Crippen LogP contribution in [0.5, 0.6) is 0 Å². The number of aliphatic hydroxyl groups is 2. The molecule has 0 spiro atoms. The van der Waals surface area contributed by atoms with Crippen molar-refractivity contribution in [3.8, 4) is 0 Å². The fourth-order valence-electron chi connectivity index (χ4n) is 8.38. The lowest BCUT2D eigenvalue weighted by atomic mass is 10.0. The zero-order chi connectivity index (χ0) is 47.4. The first kappa shape index (κ1) is 62.6. The molecule has 3 unspecified atom stereocenters. The van der Waals surface area contributed by atoms with Crippen LogP contribution in [0.3, 0.4) is 0 Å². The number of carbonyl (C=O) groups is 2. The summed E-state index contributed by atoms with van der Waals surface area (Å²) in [7, 11) is 0. The number of nitrogens with one attached hydrogen (secondary N) is 1. The lowest BCUT2D eigenvalue weighted by Crippen LogP contribution is -2.46. The molecule has 0 fully saturated rings. The van der Waals surface area contributed by atoms with E-state index < -0.39 is 18.2 Å². The van der Waals surface area contributed by atoms with Gasteiger partial charge in [0.25, 0.3) is 0 Å². The molecule has 0 saturated heterocycles. The van der Waals surface area contributed by atoms with Crippen molar-refractivity contribution in [3.05, 3.63) is 60.8 Å². The van der Waals surface area contributed by atoms with Gasteiger partial charge in [0.2, 0.25) is 5.91 Å². The van der Waals surface area contributed by atoms with Crippen molar-refractivity contribution >= 4 is 11.9 Å². The molecule has 0 bridgehead atoms. The summed E-state index contributed by atoms with van der Waals surface area (Å²) >= 11 is 0. The molecular weight excluding hydrogens is 803 g/mol. The van der Waals surface area contributed by atoms with Crippen LogP contribution in [0.15, 0.2) is 60.8 Å². The van der Waals surface area contributed by atoms with E-state index >= 15 is 0 Å². The number of esters is 1. The number of unbranched alkanes of at least 4 members (excludes halogenated alkanes) is 31. The second-order valence-corrected chi connectivity index (χ2v) is 19.1. The Balaban J connectivity index is 4.63. The van der Waals surface area contributed by atoms with Gasteiger partial charge in [0.05, 0.1) is 25.2 Å². The highest BCUT2D eigenvalue weighted by molar-refractivity contribution is 5.77. The van der Waals surface area contributed by atoms with Crippen LogP contribution >= 0.6 is 0 Å². The van der Waals surface area contributed by atoms with E-state index in [-0.39, 0.29) is 24.9 Å². The standard InChI is InChI=1S/C59H107NO5/c1-4-7-10-13-16-19-22-25-27-28-29-31-34-37-40-43-46-49-52-59(64)65-55(50-47-44-41-38-35-33-30-26-23-20-17-14-11-8-5-2)53-58(63)60-56(54-61)57(62)51-48-45-42-39-36-32-24-21-18-15-12-9-6-3/h16,19,22,25-31,55-57,61-62H,4-15,17-18,20-21,23-24,32-54H2,1-3H3,(H,60,63)/b19-16+,25-22+,28-27+,30-26+,31-29+. The van der Waals surface area contributed by atoms with Gasteiger partial charge in [-0.15, -0.1) is 0 Å². The van der Waals surface area contributed by atoms with Gasteiger partial charge in [-0.05, 0) is 77.0 Å². The average molecular weight is 911 g/mol. The van der Waals surface area contributed by atoms with Gasteiger partial charge in [0, 0.05) is 6.42 Å². The van der Waals surface area contributed by atoms with Gasteiger partial charge >= 0.3 is 5.97 Å². The number of rotatable bonds is 50. The molecule has 0 aliphatic carbocycles. The second kappa shape index (κ2) is 52.5. The molecule has 3 N–H and O–H groups in total. The van der Waals surface area contributed by atoms with Crippen LogP contribution in [-0.4, -0.2) is 46.9 Å². The van der Waals surface area contributed by atoms with Crippen LogP contribution in [0.2, 0.25) is 0 Å². The Morgan fingerprint density at radius 2 is 0.800 bits per heavy atom. The Bertz CT molecular complexity index is 1160. The third-order valence-corrected chi connectivity index (χ3v) is 12.7. The lowest BCUT2D eigenvalue weighted by molar-refractivity contribution is -0.151. The fraction of sp³-hybridized carbons (Fsp3) is 0.797. The van der Waals surface area contributed by atoms with Gasteiger partial charge in [-0.2, -0.15) is 0 Å². The van der Waals surface area contributed by atoms with Crippen molar-refractivity contribution in [1.29, 1.82) is 0 Å². The number of ether oxygens (including phenoxy) is 1. The highest BCUT2D eigenvalue weighted by Gasteiger charge is 2.24. The minimum absolute atomic E-state index is 0.0618. The Labute approximate surface area is 403 Å². The second-order valence-electron chi connectivity index (χ2n) is 19.1. The first-order chi connectivity index (χ1) is 32.0. The summed E-state index contributed by atoms with van der Waals surface area (Å²) in [5, 5.41) is 23.8. The minimum atomic E-state index is -0.796. The lowest BCUT2D eigenvalue weighted by Gasteiger charge is -2.24. The van der Waals surface area contributed by atoms with Gasteiger partial charge in [0.1, 0.15) is 6.10 Å². The number of hydrogen-bond acceptors (Lipinski definition) is 5. The molecule has 1 amide bonds. The van der Waals surface area contributed by atoms with Crippen LogP contribution in [0, 0.1) is 0 Å². The molecule has 0 aromatic rings. The van der Waals surface area contributed by atoms with Gasteiger partial charge in [-0.25, -0.2) is 0 Å².